The molecule has 0 saturated carbocycles. The van der Waals surface area contributed by atoms with Crippen LogP contribution < -0.4 is 5.32 Å². The van der Waals surface area contributed by atoms with Crippen LogP contribution in [0.3, 0.4) is 0 Å². The summed E-state index contributed by atoms with van der Waals surface area (Å²) in [5.41, 5.74) is 1.31. The minimum Gasteiger partial charge on any atom is -0.354 e. The number of hydrogen-bond acceptors (Lipinski definition) is 5. The lowest BCUT2D eigenvalue weighted by Gasteiger charge is -2.23. The van der Waals surface area contributed by atoms with Gasteiger partial charge < -0.3 is 19.7 Å². The fourth-order valence-electron chi connectivity index (χ4n) is 3.28. The van der Waals surface area contributed by atoms with Crippen molar-refractivity contribution < 1.29 is 19.1 Å². The zero-order valence-corrected chi connectivity index (χ0v) is 18.3. The van der Waals surface area contributed by atoms with E-state index in [0.29, 0.717) is 19.6 Å². The molecule has 1 fully saturated rings. The third kappa shape index (κ3) is 8.64. The number of hydrogen-bond donors (Lipinski definition) is 1. The van der Waals surface area contributed by atoms with E-state index in [2.05, 4.69) is 5.32 Å². The van der Waals surface area contributed by atoms with E-state index in [4.69, 9.17) is 9.47 Å². The van der Waals surface area contributed by atoms with Crippen LogP contribution in [0.5, 0.6) is 0 Å². The molecule has 1 heterocycles. The standard InChI is InChI=1S/C23H36N2O4/c1-23(2,22(27)24-12-13-25(3)4)16-20(26)15-18-8-10-19(11-9-18)17-29-21-7-5-6-14-28-21/h8-11,21H,5-7,12-17H2,1-4H3,(H,24,27). The number of nitrogens with one attached hydrogen (secondary N) is 1. The number of likely N-dealkylation sites (N-methyl/N-ethyl adjacent to an activating group) is 1. The highest BCUT2D eigenvalue weighted by atomic mass is 16.7. The van der Waals surface area contributed by atoms with Gasteiger partial charge in [0.25, 0.3) is 0 Å². The second-order valence-electron chi connectivity index (χ2n) is 8.76. The molecule has 1 atom stereocenters. The first kappa shape index (κ1) is 23.5. The van der Waals surface area contributed by atoms with Crippen LogP contribution in [0.15, 0.2) is 24.3 Å². The number of ether oxygens (including phenoxy) is 2. The van der Waals surface area contributed by atoms with Gasteiger partial charge >= 0.3 is 0 Å². The Kier molecular flexibility index (Phi) is 9.27. The van der Waals surface area contributed by atoms with Crippen LogP contribution in [-0.2, 0) is 32.1 Å². The van der Waals surface area contributed by atoms with Gasteiger partial charge in [-0.15, -0.1) is 0 Å². The summed E-state index contributed by atoms with van der Waals surface area (Å²) in [6.07, 6.45) is 3.67. The van der Waals surface area contributed by atoms with Gasteiger partial charge in [0.05, 0.1) is 12.0 Å². The first-order valence-corrected chi connectivity index (χ1v) is 10.5. The predicted molar refractivity (Wildman–Crippen MR) is 113 cm³/mol. The van der Waals surface area contributed by atoms with Crippen LogP contribution in [0.1, 0.15) is 50.7 Å². The number of nitrogens with zero attached hydrogens (tertiary/aromatic N) is 1. The Labute approximate surface area is 174 Å². The normalized spacial score (nSPS) is 17.3. The van der Waals surface area contributed by atoms with Gasteiger partial charge in [0, 0.05) is 32.5 Å². The number of carbonyl (C=O) groups is 2. The van der Waals surface area contributed by atoms with Crippen molar-refractivity contribution in [1.29, 1.82) is 0 Å². The first-order chi connectivity index (χ1) is 13.8. The van der Waals surface area contributed by atoms with Gasteiger partial charge in [-0.3, -0.25) is 9.59 Å². The monoisotopic (exact) mass is 404 g/mol. The van der Waals surface area contributed by atoms with Gasteiger partial charge in [0.1, 0.15) is 5.78 Å². The highest BCUT2D eigenvalue weighted by Gasteiger charge is 2.30. The van der Waals surface area contributed by atoms with Gasteiger partial charge in [-0.1, -0.05) is 38.1 Å². The van der Waals surface area contributed by atoms with E-state index in [0.717, 1.165) is 43.5 Å². The molecule has 1 aliphatic rings. The second-order valence-corrected chi connectivity index (χ2v) is 8.76. The van der Waals surface area contributed by atoms with Crippen molar-refractivity contribution >= 4 is 11.7 Å². The second kappa shape index (κ2) is 11.4. The van der Waals surface area contributed by atoms with E-state index < -0.39 is 5.41 Å². The molecule has 1 amide bonds. The summed E-state index contributed by atoms with van der Waals surface area (Å²) in [6.45, 7) is 6.29. The smallest absolute Gasteiger partial charge is 0.226 e. The molecule has 1 aliphatic heterocycles. The summed E-state index contributed by atoms with van der Waals surface area (Å²) in [5.74, 6) is -0.0116. The molecule has 1 N–H and O–H groups in total. The van der Waals surface area contributed by atoms with Crippen molar-refractivity contribution in [3.05, 3.63) is 35.4 Å². The summed E-state index contributed by atoms with van der Waals surface area (Å²) in [7, 11) is 3.92. The topological polar surface area (TPSA) is 67.9 Å². The van der Waals surface area contributed by atoms with E-state index in [1.165, 1.54) is 0 Å². The van der Waals surface area contributed by atoms with Gasteiger partial charge in [0.2, 0.25) is 5.91 Å². The maximum Gasteiger partial charge on any atom is 0.226 e. The lowest BCUT2D eigenvalue weighted by atomic mass is 9.85. The summed E-state index contributed by atoms with van der Waals surface area (Å²) in [5, 5.41) is 2.92. The highest BCUT2D eigenvalue weighted by Crippen LogP contribution is 2.22. The van der Waals surface area contributed by atoms with Crippen molar-refractivity contribution in [3.63, 3.8) is 0 Å². The lowest BCUT2D eigenvalue weighted by Crippen LogP contribution is -2.41. The van der Waals surface area contributed by atoms with Gasteiger partial charge in [-0.25, -0.2) is 0 Å². The minimum absolute atomic E-state index is 0.0670. The van der Waals surface area contributed by atoms with Gasteiger partial charge in [-0.05, 0) is 44.5 Å². The molecule has 6 heteroatoms. The Hall–Kier alpha value is -1.76. The highest BCUT2D eigenvalue weighted by molar-refractivity contribution is 5.90. The third-order valence-electron chi connectivity index (χ3n) is 5.10. The number of carbonyl (C=O) groups excluding carboxylic acids is 2. The van der Waals surface area contributed by atoms with E-state index >= 15 is 0 Å². The number of rotatable bonds is 11. The largest absolute Gasteiger partial charge is 0.354 e. The van der Waals surface area contributed by atoms with E-state index in [1.54, 1.807) is 0 Å². The third-order valence-corrected chi connectivity index (χ3v) is 5.10. The maximum absolute atomic E-state index is 12.5. The SMILES string of the molecule is CN(C)CCNC(=O)C(C)(C)CC(=O)Cc1ccc(COC2CCCCO2)cc1. The molecule has 2 rings (SSSR count). The van der Waals surface area contributed by atoms with Crippen molar-refractivity contribution in [2.45, 2.75) is 58.8 Å². The molecule has 1 aromatic rings. The van der Waals surface area contributed by atoms with Crippen LogP contribution in [0.2, 0.25) is 0 Å². The molecule has 1 unspecified atom stereocenters. The molecule has 0 radical (unpaired) electrons. The van der Waals surface area contributed by atoms with Gasteiger partial charge in [0.15, 0.2) is 6.29 Å². The maximum atomic E-state index is 12.5. The molecule has 0 aromatic heterocycles. The van der Waals surface area contributed by atoms with Crippen molar-refractivity contribution in [2.75, 3.05) is 33.8 Å². The van der Waals surface area contributed by atoms with Crippen LogP contribution in [0, 0.1) is 5.41 Å². The Morgan fingerprint density at radius 3 is 2.48 bits per heavy atom. The van der Waals surface area contributed by atoms with Crippen LogP contribution in [0.25, 0.3) is 0 Å². The first-order valence-electron chi connectivity index (χ1n) is 10.5. The van der Waals surface area contributed by atoms with Crippen molar-refractivity contribution in [3.8, 4) is 0 Å². The number of amides is 1. The molecule has 6 nitrogen and oxygen atoms in total. The lowest BCUT2D eigenvalue weighted by molar-refractivity contribution is -0.168. The molecule has 1 saturated heterocycles. The van der Waals surface area contributed by atoms with Gasteiger partial charge in [-0.2, -0.15) is 0 Å². The molecular weight excluding hydrogens is 368 g/mol. The summed E-state index contributed by atoms with van der Waals surface area (Å²) in [4.78, 5) is 26.9. The molecule has 162 valence electrons. The Balaban J connectivity index is 1.76. The zero-order valence-electron chi connectivity index (χ0n) is 18.3. The minimum atomic E-state index is -0.711. The Morgan fingerprint density at radius 2 is 1.86 bits per heavy atom. The average Bonchev–Trinajstić information content (AvgIpc) is 2.67. The molecule has 0 bridgehead atoms. The summed E-state index contributed by atoms with van der Waals surface area (Å²) >= 11 is 0. The number of Topliss-reactive ketones (excluding diaryl/α,β-unsaturated/α-hetero) is 1. The van der Waals surface area contributed by atoms with E-state index in [-0.39, 0.29) is 24.4 Å². The Morgan fingerprint density at radius 1 is 1.17 bits per heavy atom. The fraction of sp³-hybridized carbons (Fsp3) is 0.652. The van der Waals surface area contributed by atoms with Crippen molar-refractivity contribution in [1.82, 2.24) is 10.2 Å². The van der Waals surface area contributed by atoms with E-state index in [1.807, 2.05) is 57.1 Å². The molecule has 29 heavy (non-hydrogen) atoms. The molecule has 1 aromatic carbocycles. The van der Waals surface area contributed by atoms with Crippen LogP contribution in [0.4, 0.5) is 0 Å². The Bertz CT molecular complexity index is 649. The number of ketones is 1. The quantitative estimate of drug-likeness (QED) is 0.614. The van der Waals surface area contributed by atoms with Crippen LogP contribution >= 0.6 is 0 Å². The van der Waals surface area contributed by atoms with Crippen LogP contribution in [-0.4, -0.2) is 56.7 Å². The number of benzene rings is 1. The van der Waals surface area contributed by atoms with E-state index in [9.17, 15) is 9.59 Å². The fourth-order valence-corrected chi connectivity index (χ4v) is 3.28. The molecule has 0 aliphatic carbocycles. The average molecular weight is 405 g/mol. The summed E-state index contributed by atoms with van der Waals surface area (Å²) < 4.78 is 11.4. The summed E-state index contributed by atoms with van der Waals surface area (Å²) in [6, 6.07) is 7.90. The zero-order chi connectivity index (χ0) is 21.3. The van der Waals surface area contributed by atoms with Crippen molar-refractivity contribution in [2.24, 2.45) is 5.41 Å². The predicted octanol–water partition coefficient (Wildman–Crippen LogP) is 2.94. The molecular formula is C23H36N2O4. The molecule has 0 spiro atoms.